The molecule has 0 heterocycles. The van der Waals surface area contributed by atoms with Gasteiger partial charge in [-0.1, -0.05) is 0 Å². The number of halogens is 1. The molecule has 0 aromatic heterocycles. The van der Waals surface area contributed by atoms with Gasteiger partial charge in [-0.2, -0.15) is 4.99 Å². The van der Waals surface area contributed by atoms with Crippen molar-refractivity contribution in [2.24, 2.45) is 16.5 Å². The largest absolute Gasteiger partial charge is 0.370 e. The summed E-state index contributed by atoms with van der Waals surface area (Å²) in [5, 5.41) is 6.59. The van der Waals surface area contributed by atoms with E-state index >= 15 is 0 Å². The van der Waals surface area contributed by atoms with Crippen LogP contribution in [0.15, 0.2) is 4.99 Å². The minimum atomic E-state index is -0.109. The number of guanidine groups is 1. The van der Waals surface area contributed by atoms with Gasteiger partial charge in [0.05, 0.1) is 0 Å². The second-order valence-corrected chi connectivity index (χ2v) is 1.58. The number of aliphatic imine (C=N–C) groups is 1. The minimum absolute atomic E-state index is 0.0625. The zero-order valence-electron chi connectivity index (χ0n) is 3.48. The van der Waals surface area contributed by atoms with E-state index in [-0.39, 0.29) is 10.7 Å². The maximum Gasteiger partial charge on any atom is 0.193 e. The van der Waals surface area contributed by atoms with Gasteiger partial charge in [-0.25, -0.2) is 0 Å². The Bertz CT molecular complexity index is 102. The van der Waals surface area contributed by atoms with Gasteiger partial charge in [0.2, 0.25) is 0 Å². The quantitative estimate of drug-likeness (QED) is 0.258. The van der Waals surface area contributed by atoms with Crippen LogP contribution in [-0.4, -0.2) is 10.7 Å². The number of amidine groups is 1. The molecule has 5 N–H and O–H groups in total. The third-order valence-electron chi connectivity index (χ3n) is 0.227. The number of rotatable bonds is 0. The molecule has 0 aliphatic heterocycles. The highest BCUT2D eigenvalue weighted by Gasteiger charge is 1.80. The van der Waals surface area contributed by atoms with Crippen molar-refractivity contribution in [3.63, 3.8) is 0 Å². The molecule has 4 nitrogen and oxygen atoms in total. The van der Waals surface area contributed by atoms with Crippen LogP contribution >= 0.6 is 15.9 Å². The number of hydrogen-bond donors (Lipinski definition) is 3. The molecule has 0 fully saturated rings. The first-order valence-electron chi connectivity index (χ1n) is 1.46. The van der Waals surface area contributed by atoms with E-state index in [9.17, 15) is 0 Å². The van der Waals surface area contributed by atoms with Crippen LogP contribution in [0.4, 0.5) is 0 Å². The lowest BCUT2D eigenvalue weighted by Gasteiger charge is -1.83. The van der Waals surface area contributed by atoms with Crippen LogP contribution in [0.5, 0.6) is 0 Å². The molecule has 0 aliphatic carbocycles. The molecule has 0 aliphatic rings. The van der Waals surface area contributed by atoms with E-state index in [1.54, 1.807) is 0 Å². The fourth-order valence-corrected chi connectivity index (χ4v) is 0.318. The highest BCUT2D eigenvalue weighted by molar-refractivity contribution is 9.18. The highest BCUT2D eigenvalue weighted by atomic mass is 79.9. The minimum Gasteiger partial charge on any atom is -0.370 e. The Morgan fingerprint density at radius 2 is 2.00 bits per heavy atom. The summed E-state index contributed by atoms with van der Waals surface area (Å²) in [6.45, 7) is 0. The van der Waals surface area contributed by atoms with Gasteiger partial charge >= 0.3 is 0 Å². The molecule has 0 saturated carbocycles. The predicted molar refractivity (Wildman–Crippen MR) is 32.5 cm³/mol. The van der Waals surface area contributed by atoms with E-state index in [1.807, 2.05) is 0 Å². The third-order valence-corrected chi connectivity index (χ3v) is 0.405. The van der Waals surface area contributed by atoms with Gasteiger partial charge in [-0.15, -0.1) is 0 Å². The Hall–Kier alpha value is -0.580. The molecule has 40 valence electrons. The van der Waals surface area contributed by atoms with E-state index in [0.717, 1.165) is 0 Å². The molecular formula is C2H5BrN4. The molecular weight excluding hydrogens is 160 g/mol. The van der Waals surface area contributed by atoms with Crippen molar-refractivity contribution in [3.8, 4) is 0 Å². The van der Waals surface area contributed by atoms with E-state index in [4.69, 9.17) is 16.9 Å². The van der Waals surface area contributed by atoms with Crippen LogP contribution in [0, 0.1) is 5.41 Å². The number of hydrogen-bond acceptors (Lipinski definition) is 1. The molecule has 0 aromatic carbocycles. The van der Waals surface area contributed by atoms with Crippen LogP contribution in [0.3, 0.4) is 0 Å². The lowest BCUT2D eigenvalue weighted by atomic mass is 11.0. The number of nitrogens with one attached hydrogen (secondary N) is 1. The van der Waals surface area contributed by atoms with Crippen molar-refractivity contribution in [1.82, 2.24) is 0 Å². The van der Waals surface area contributed by atoms with Gasteiger partial charge in [0.25, 0.3) is 0 Å². The third kappa shape index (κ3) is 5.42. The summed E-state index contributed by atoms with van der Waals surface area (Å²) >= 11 is 2.71. The normalized spacial score (nSPS) is 7.57. The molecule has 0 radical (unpaired) electrons. The van der Waals surface area contributed by atoms with Gasteiger partial charge in [-0.05, 0) is 15.9 Å². The first kappa shape index (κ1) is 6.42. The van der Waals surface area contributed by atoms with Crippen molar-refractivity contribution in [3.05, 3.63) is 0 Å². The SMILES string of the molecule is N=C(Br)N=C(N)N. The molecule has 7 heavy (non-hydrogen) atoms. The Kier molecular flexibility index (Phi) is 2.36. The molecule has 0 unspecified atom stereocenters. The van der Waals surface area contributed by atoms with Crippen molar-refractivity contribution < 1.29 is 0 Å². The summed E-state index contributed by atoms with van der Waals surface area (Å²) in [6, 6.07) is 0. The Labute approximate surface area is 49.2 Å². The Morgan fingerprint density at radius 3 is 2.00 bits per heavy atom. The summed E-state index contributed by atoms with van der Waals surface area (Å²) in [5.74, 6) is -0.109. The monoisotopic (exact) mass is 164 g/mol. The van der Waals surface area contributed by atoms with E-state index in [0.29, 0.717) is 0 Å². The lowest BCUT2D eigenvalue weighted by molar-refractivity contribution is 1.44. The average Bonchev–Trinajstić information content (AvgIpc) is 1.27. The molecule has 0 amide bonds. The molecule has 0 saturated heterocycles. The zero-order chi connectivity index (χ0) is 5.86. The zero-order valence-corrected chi connectivity index (χ0v) is 5.07. The summed E-state index contributed by atoms with van der Waals surface area (Å²) in [7, 11) is 0. The van der Waals surface area contributed by atoms with Gasteiger partial charge in [-0.3, -0.25) is 5.41 Å². The molecule has 0 spiro atoms. The molecule has 0 aromatic rings. The first-order valence-corrected chi connectivity index (χ1v) is 2.26. The average molecular weight is 165 g/mol. The van der Waals surface area contributed by atoms with Gasteiger partial charge in [0.1, 0.15) is 0 Å². The summed E-state index contributed by atoms with van der Waals surface area (Å²) < 4.78 is -0.0625. The molecule has 0 atom stereocenters. The maximum atomic E-state index is 6.59. The van der Waals surface area contributed by atoms with Crippen LogP contribution in [0.1, 0.15) is 0 Å². The van der Waals surface area contributed by atoms with Crippen molar-refractivity contribution in [1.29, 1.82) is 5.41 Å². The van der Waals surface area contributed by atoms with Crippen LogP contribution < -0.4 is 11.5 Å². The van der Waals surface area contributed by atoms with E-state index < -0.39 is 0 Å². The summed E-state index contributed by atoms with van der Waals surface area (Å²) in [5.41, 5.74) is 9.70. The first-order chi connectivity index (χ1) is 3.13. The highest BCUT2D eigenvalue weighted by Crippen LogP contribution is 1.82. The smallest absolute Gasteiger partial charge is 0.193 e. The van der Waals surface area contributed by atoms with Gasteiger partial charge in [0.15, 0.2) is 10.7 Å². The number of nitrogens with two attached hydrogens (primary N) is 2. The maximum absolute atomic E-state index is 6.59. The predicted octanol–water partition coefficient (Wildman–Crippen LogP) is -0.411. The van der Waals surface area contributed by atoms with E-state index in [1.165, 1.54) is 0 Å². The molecule has 0 bridgehead atoms. The van der Waals surface area contributed by atoms with Gasteiger partial charge < -0.3 is 11.5 Å². The second kappa shape index (κ2) is 2.57. The summed E-state index contributed by atoms with van der Waals surface area (Å²) in [4.78, 5) is 3.25. The van der Waals surface area contributed by atoms with Crippen LogP contribution in [-0.2, 0) is 0 Å². The van der Waals surface area contributed by atoms with Crippen molar-refractivity contribution in [2.45, 2.75) is 0 Å². The second-order valence-electron chi connectivity index (χ2n) is 0.827. The fourth-order valence-electron chi connectivity index (χ4n) is 0.113. The van der Waals surface area contributed by atoms with E-state index in [2.05, 4.69) is 20.9 Å². The molecule has 0 rings (SSSR count). The van der Waals surface area contributed by atoms with Crippen molar-refractivity contribution >= 4 is 26.6 Å². The van der Waals surface area contributed by atoms with Gasteiger partial charge in [0, 0.05) is 0 Å². The Balaban J connectivity index is 3.68. The van der Waals surface area contributed by atoms with Crippen LogP contribution in [0.2, 0.25) is 0 Å². The summed E-state index contributed by atoms with van der Waals surface area (Å²) in [6.07, 6.45) is 0. The fraction of sp³-hybridized carbons (Fsp3) is 0. The number of nitrogens with zero attached hydrogens (tertiary/aromatic N) is 1. The van der Waals surface area contributed by atoms with Crippen LogP contribution in [0.25, 0.3) is 0 Å². The lowest BCUT2D eigenvalue weighted by Crippen LogP contribution is -2.23. The van der Waals surface area contributed by atoms with Crippen molar-refractivity contribution in [2.75, 3.05) is 0 Å². The Morgan fingerprint density at radius 1 is 1.57 bits per heavy atom. The molecule has 5 heteroatoms. The standard InChI is InChI=1S/C2H5BrN4/c3-1(4)7-2(5)6/h(H5,4,5,6,7). The topological polar surface area (TPSA) is 88.2 Å².